The Labute approximate surface area is 122 Å². The van der Waals surface area contributed by atoms with E-state index in [1.807, 2.05) is 17.0 Å². The molecule has 2 N–H and O–H groups in total. The fraction of sp³-hybridized carbons (Fsp3) is 0.400. The minimum atomic E-state index is -0.905. The van der Waals surface area contributed by atoms with E-state index in [0.29, 0.717) is 19.5 Å². The van der Waals surface area contributed by atoms with E-state index in [2.05, 4.69) is 15.0 Å². The summed E-state index contributed by atoms with van der Waals surface area (Å²) in [4.78, 5) is 14.8. The summed E-state index contributed by atoms with van der Waals surface area (Å²) in [5, 5.41) is 0. The van der Waals surface area contributed by atoms with E-state index >= 15 is 0 Å². The summed E-state index contributed by atoms with van der Waals surface area (Å²) in [6.07, 6.45) is 4.56. The predicted molar refractivity (Wildman–Crippen MR) is 82.8 cm³/mol. The number of aliphatic imine (C=N–C) groups is 1. The van der Waals surface area contributed by atoms with Gasteiger partial charge in [0, 0.05) is 50.4 Å². The van der Waals surface area contributed by atoms with Gasteiger partial charge in [-0.2, -0.15) is 0 Å². The molecule has 0 radical (unpaired) electrons. The van der Waals surface area contributed by atoms with Gasteiger partial charge in [-0.25, -0.2) is 4.39 Å². The molecule has 6 heteroatoms. The number of hydrogen-bond donors (Lipinski definition) is 1. The number of rotatable bonds is 2. The first-order chi connectivity index (χ1) is 10.2. The van der Waals surface area contributed by atoms with Crippen molar-refractivity contribution in [2.45, 2.75) is 18.6 Å². The third-order valence-electron chi connectivity index (χ3n) is 3.68. The summed E-state index contributed by atoms with van der Waals surface area (Å²) in [7, 11) is 1.72. The molecule has 21 heavy (non-hydrogen) atoms. The third kappa shape index (κ3) is 2.71. The molecule has 5 nitrogen and oxygen atoms in total. The SMILES string of the molecule is C/N=C\c1ccc(N2C[C@H](N)C[C@H](F)C2)c2nccnc12. The zero-order valence-corrected chi connectivity index (χ0v) is 11.9. The minimum absolute atomic E-state index is 0.155. The molecule has 1 aliphatic heterocycles. The van der Waals surface area contributed by atoms with Gasteiger partial charge >= 0.3 is 0 Å². The monoisotopic (exact) mass is 287 g/mol. The molecule has 1 fully saturated rings. The largest absolute Gasteiger partial charge is 0.365 e. The molecule has 3 rings (SSSR count). The third-order valence-corrected chi connectivity index (χ3v) is 3.68. The van der Waals surface area contributed by atoms with Gasteiger partial charge < -0.3 is 10.6 Å². The molecule has 0 aliphatic carbocycles. The highest BCUT2D eigenvalue weighted by molar-refractivity contribution is 6.01. The van der Waals surface area contributed by atoms with Crippen molar-refractivity contribution in [3.63, 3.8) is 0 Å². The molecule has 1 aliphatic rings. The van der Waals surface area contributed by atoms with Crippen molar-refractivity contribution in [2.75, 3.05) is 25.0 Å². The van der Waals surface area contributed by atoms with Gasteiger partial charge in [0.1, 0.15) is 11.7 Å². The van der Waals surface area contributed by atoms with Crippen LogP contribution in [0.2, 0.25) is 0 Å². The quantitative estimate of drug-likeness (QED) is 0.851. The van der Waals surface area contributed by atoms with Crippen LogP contribution in [-0.2, 0) is 0 Å². The van der Waals surface area contributed by atoms with E-state index in [-0.39, 0.29) is 6.04 Å². The Balaban J connectivity index is 2.09. The van der Waals surface area contributed by atoms with Crippen LogP contribution in [0.4, 0.5) is 10.1 Å². The topological polar surface area (TPSA) is 67.4 Å². The summed E-state index contributed by atoms with van der Waals surface area (Å²) in [6.45, 7) is 0.980. The number of anilines is 1. The lowest BCUT2D eigenvalue weighted by molar-refractivity contribution is 0.269. The van der Waals surface area contributed by atoms with Crippen LogP contribution in [0.25, 0.3) is 11.0 Å². The molecule has 2 aromatic rings. The van der Waals surface area contributed by atoms with Crippen molar-refractivity contribution in [3.8, 4) is 0 Å². The van der Waals surface area contributed by atoms with Gasteiger partial charge in [0.05, 0.1) is 11.2 Å². The lowest BCUT2D eigenvalue weighted by Crippen LogP contribution is -2.48. The van der Waals surface area contributed by atoms with Gasteiger partial charge in [0.25, 0.3) is 0 Å². The van der Waals surface area contributed by atoms with Crippen LogP contribution in [0.5, 0.6) is 0 Å². The molecule has 2 heterocycles. The Morgan fingerprint density at radius 1 is 1.29 bits per heavy atom. The Morgan fingerprint density at radius 3 is 2.76 bits per heavy atom. The molecule has 1 aromatic carbocycles. The fourth-order valence-corrected chi connectivity index (χ4v) is 2.83. The molecule has 2 atom stereocenters. The molecule has 1 aromatic heterocycles. The van der Waals surface area contributed by atoms with Crippen molar-refractivity contribution in [1.29, 1.82) is 0 Å². The second-order valence-corrected chi connectivity index (χ2v) is 5.31. The maximum atomic E-state index is 13.8. The normalized spacial score (nSPS) is 23.1. The predicted octanol–water partition coefficient (Wildman–Crippen LogP) is 1.55. The number of fused-ring (bicyclic) bond motifs is 1. The molecular formula is C15H18FN5. The van der Waals surface area contributed by atoms with Crippen LogP contribution in [0, 0.1) is 0 Å². The molecule has 0 unspecified atom stereocenters. The van der Waals surface area contributed by atoms with Crippen LogP contribution in [0.1, 0.15) is 12.0 Å². The molecule has 0 spiro atoms. The maximum Gasteiger partial charge on any atom is 0.119 e. The zero-order chi connectivity index (χ0) is 14.8. The van der Waals surface area contributed by atoms with E-state index in [0.717, 1.165) is 22.3 Å². The molecule has 0 saturated carbocycles. The maximum absolute atomic E-state index is 13.8. The van der Waals surface area contributed by atoms with Crippen LogP contribution in [0.15, 0.2) is 29.5 Å². The van der Waals surface area contributed by atoms with Crippen molar-refractivity contribution >= 4 is 22.9 Å². The van der Waals surface area contributed by atoms with E-state index in [4.69, 9.17) is 5.73 Å². The zero-order valence-electron chi connectivity index (χ0n) is 11.9. The van der Waals surface area contributed by atoms with Gasteiger partial charge in [0.15, 0.2) is 0 Å². The number of alkyl halides is 1. The van der Waals surface area contributed by atoms with Crippen molar-refractivity contribution in [1.82, 2.24) is 9.97 Å². The average Bonchev–Trinajstić information content (AvgIpc) is 2.47. The number of aromatic nitrogens is 2. The first kappa shape index (κ1) is 13.9. The fourth-order valence-electron chi connectivity index (χ4n) is 2.83. The average molecular weight is 287 g/mol. The Bertz CT molecular complexity index is 662. The summed E-state index contributed by atoms with van der Waals surface area (Å²) >= 11 is 0. The number of hydrogen-bond acceptors (Lipinski definition) is 5. The summed E-state index contributed by atoms with van der Waals surface area (Å²) in [6, 6.07) is 3.73. The molecule has 0 bridgehead atoms. The highest BCUT2D eigenvalue weighted by Crippen LogP contribution is 2.28. The van der Waals surface area contributed by atoms with Crippen molar-refractivity contribution < 1.29 is 4.39 Å². The number of nitrogens with zero attached hydrogens (tertiary/aromatic N) is 4. The molecule has 0 amide bonds. The molecular weight excluding hydrogens is 269 g/mol. The van der Waals surface area contributed by atoms with Gasteiger partial charge in [-0.05, 0) is 18.6 Å². The summed E-state index contributed by atoms with van der Waals surface area (Å²) < 4.78 is 13.8. The van der Waals surface area contributed by atoms with Crippen LogP contribution in [-0.4, -0.2) is 48.5 Å². The number of piperidine rings is 1. The van der Waals surface area contributed by atoms with Gasteiger partial charge in [-0.15, -0.1) is 0 Å². The van der Waals surface area contributed by atoms with E-state index < -0.39 is 6.17 Å². The highest BCUT2D eigenvalue weighted by Gasteiger charge is 2.26. The Morgan fingerprint density at radius 2 is 2.05 bits per heavy atom. The van der Waals surface area contributed by atoms with Gasteiger partial charge in [0.2, 0.25) is 0 Å². The lowest BCUT2D eigenvalue weighted by Gasteiger charge is -2.35. The van der Waals surface area contributed by atoms with Gasteiger partial charge in [-0.1, -0.05) is 0 Å². The van der Waals surface area contributed by atoms with Crippen molar-refractivity contribution in [3.05, 3.63) is 30.1 Å². The number of nitrogens with two attached hydrogens (primary N) is 1. The summed E-state index contributed by atoms with van der Waals surface area (Å²) in [5.41, 5.74) is 9.25. The Hall–Kier alpha value is -2.08. The molecule has 110 valence electrons. The van der Waals surface area contributed by atoms with Crippen molar-refractivity contribution in [2.24, 2.45) is 10.7 Å². The number of halogens is 1. The second kappa shape index (κ2) is 5.73. The van der Waals surface area contributed by atoms with Crippen LogP contribution >= 0.6 is 0 Å². The Kier molecular flexibility index (Phi) is 3.79. The first-order valence-corrected chi connectivity index (χ1v) is 6.99. The first-order valence-electron chi connectivity index (χ1n) is 6.99. The van der Waals surface area contributed by atoms with Crippen LogP contribution < -0.4 is 10.6 Å². The van der Waals surface area contributed by atoms with Crippen LogP contribution in [0.3, 0.4) is 0 Å². The summed E-state index contributed by atoms with van der Waals surface area (Å²) in [5.74, 6) is 0. The lowest BCUT2D eigenvalue weighted by atomic mass is 10.0. The van der Waals surface area contributed by atoms with E-state index in [1.165, 1.54) is 0 Å². The van der Waals surface area contributed by atoms with E-state index in [1.54, 1.807) is 25.7 Å². The standard InChI is InChI=1S/C15H18FN5/c1-18-7-10-2-3-13(15-14(10)19-4-5-20-15)21-8-11(16)6-12(17)9-21/h2-5,7,11-12H,6,8-9,17H2,1H3/b18-7-/t11-,12+/m0/s1. The van der Waals surface area contributed by atoms with E-state index in [9.17, 15) is 4.39 Å². The smallest absolute Gasteiger partial charge is 0.119 e. The number of benzene rings is 1. The highest BCUT2D eigenvalue weighted by atomic mass is 19.1. The minimum Gasteiger partial charge on any atom is -0.365 e. The van der Waals surface area contributed by atoms with Gasteiger partial charge in [-0.3, -0.25) is 15.0 Å². The second-order valence-electron chi connectivity index (χ2n) is 5.31. The molecule has 1 saturated heterocycles.